The van der Waals surface area contributed by atoms with E-state index >= 15 is 0 Å². The van der Waals surface area contributed by atoms with Crippen LogP contribution in [0.15, 0.2) is 24.3 Å². The number of carboxylic acid groups (broad SMARTS) is 1. The van der Waals surface area contributed by atoms with Gasteiger partial charge in [-0.25, -0.2) is 0 Å². The molecule has 2 unspecified atom stereocenters. The molecule has 19 heavy (non-hydrogen) atoms. The minimum absolute atomic E-state index is 0.0683. The zero-order valence-corrected chi connectivity index (χ0v) is 11.4. The van der Waals surface area contributed by atoms with E-state index in [1.54, 1.807) is 29.2 Å². The van der Waals surface area contributed by atoms with Crippen molar-refractivity contribution >= 4 is 23.5 Å². The Hall–Kier alpha value is -1.55. The van der Waals surface area contributed by atoms with Crippen molar-refractivity contribution in [2.24, 2.45) is 5.92 Å². The minimum atomic E-state index is -0.833. The molecule has 1 N–H and O–H groups in total. The lowest BCUT2D eigenvalue weighted by atomic mass is 9.93. The minimum Gasteiger partial charge on any atom is -0.481 e. The highest BCUT2D eigenvalue weighted by Gasteiger charge is 2.32. The van der Waals surface area contributed by atoms with E-state index in [0.29, 0.717) is 17.0 Å². The van der Waals surface area contributed by atoms with Crippen molar-refractivity contribution in [3.8, 4) is 0 Å². The van der Waals surface area contributed by atoms with E-state index in [4.69, 9.17) is 16.7 Å². The van der Waals surface area contributed by atoms with Gasteiger partial charge in [0.2, 0.25) is 0 Å². The van der Waals surface area contributed by atoms with Crippen molar-refractivity contribution < 1.29 is 14.7 Å². The van der Waals surface area contributed by atoms with Crippen LogP contribution in [0.5, 0.6) is 0 Å². The molecule has 102 valence electrons. The highest BCUT2D eigenvalue weighted by atomic mass is 35.5. The molecule has 1 aromatic rings. The third kappa shape index (κ3) is 3.07. The molecule has 0 saturated carbocycles. The Balaban J connectivity index is 2.16. The van der Waals surface area contributed by atoms with E-state index in [1.165, 1.54) is 0 Å². The molecular formula is C14H16ClNO3. The maximum Gasteiger partial charge on any atom is 0.308 e. The largest absolute Gasteiger partial charge is 0.481 e. The van der Waals surface area contributed by atoms with Crippen LogP contribution < -0.4 is 0 Å². The quantitative estimate of drug-likeness (QED) is 0.907. The molecular weight excluding hydrogens is 266 g/mol. The summed E-state index contributed by atoms with van der Waals surface area (Å²) < 4.78 is 0. The van der Waals surface area contributed by atoms with Crippen LogP contribution in [0.25, 0.3) is 0 Å². The van der Waals surface area contributed by atoms with E-state index in [-0.39, 0.29) is 18.5 Å². The van der Waals surface area contributed by atoms with Gasteiger partial charge in [0.1, 0.15) is 0 Å². The summed E-state index contributed by atoms with van der Waals surface area (Å²) in [4.78, 5) is 25.1. The molecule has 1 amide bonds. The van der Waals surface area contributed by atoms with Gasteiger partial charge in [-0.15, -0.1) is 0 Å². The smallest absolute Gasteiger partial charge is 0.308 e. The first kappa shape index (κ1) is 13.9. The van der Waals surface area contributed by atoms with Crippen LogP contribution in [0.1, 0.15) is 30.1 Å². The lowest BCUT2D eigenvalue weighted by Crippen LogP contribution is -2.47. The fraction of sp³-hybridized carbons (Fsp3) is 0.429. The maximum atomic E-state index is 12.4. The molecule has 1 aromatic carbocycles. The Morgan fingerprint density at radius 3 is 2.47 bits per heavy atom. The number of nitrogens with zero attached hydrogens (tertiary/aromatic N) is 1. The molecule has 4 nitrogen and oxygen atoms in total. The molecule has 2 rings (SSSR count). The topological polar surface area (TPSA) is 57.6 Å². The molecule has 1 saturated heterocycles. The Bertz CT molecular complexity index is 486. The molecule has 1 aliphatic heterocycles. The predicted octanol–water partition coefficient (Wildman–Crippen LogP) is 2.67. The van der Waals surface area contributed by atoms with Gasteiger partial charge >= 0.3 is 5.97 Å². The first-order chi connectivity index (χ1) is 8.99. The number of aliphatic carboxylic acids is 1. The van der Waals surface area contributed by atoms with E-state index in [0.717, 1.165) is 6.42 Å². The Morgan fingerprint density at radius 2 is 1.89 bits per heavy atom. The van der Waals surface area contributed by atoms with Gasteiger partial charge in [-0.05, 0) is 44.0 Å². The number of carbonyl (C=O) groups is 2. The Labute approximate surface area is 117 Å². The normalized spacial score (nSPS) is 23.2. The second-order valence-corrected chi connectivity index (χ2v) is 5.36. The SMILES string of the molecule is CC1CCC(C(=O)O)CN1C(=O)c1ccc(Cl)cc1. The van der Waals surface area contributed by atoms with Gasteiger partial charge in [-0.2, -0.15) is 0 Å². The average molecular weight is 282 g/mol. The fourth-order valence-corrected chi connectivity index (χ4v) is 2.48. The van der Waals surface area contributed by atoms with Gasteiger partial charge < -0.3 is 10.0 Å². The Morgan fingerprint density at radius 1 is 1.26 bits per heavy atom. The molecule has 5 heteroatoms. The summed E-state index contributed by atoms with van der Waals surface area (Å²) in [6.45, 7) is 2.23. The first-order valence-corrected chi connectivity index (χ1v) is 6.66. The first-order valence-electron chi connectivity index (χ1n) is 6.28. The van der Waals surface area contributed by atoms with Crippen LogP contribution in [-0.4, -0.2) is 34.5 Å². The van der Waals surface area contributed by atoms with Crippen molar-refractivity contribution in [1.29, 1.82) is 0 Å². The maximum absolute atomic E-state index is 12.4. The molecule has 1 heterocycles. The number of halogens is 1. The van der Waals surface area contributed by atoms with Crippen molar-refractivity contribution in [2.75, 3.05) is 6.54 Å². The number of amides is 1. The number of hydrogen-bond acceptors (Lipinski definition) is 2. The zero-order chi connectivity index (χ0) is 14.0. The molecule has 1 fully saturated rings. The summed E-state index contributed by atoms with van der Waals surface area (Å²) in [7, 11) is 0. The standard InChI is InChI=1S/C14H16ClNO3/c1-9-2-3-11(14(18)19)8-16(9)13(17)10-4-6-12(15)7-5-10/h4-7,9,11H,2-3,8H2,1H3,(H,18,19). The van der Waals surface area contributed by atoms with Crippen molar-refractivity contribution in [3.05, 3.63) is 34.9 Å². The third-order valence-electron chi connectivity index (χ3n) is 3.58. The summed E-state index contributed by atoms with van der Waals surface area (Å²) in [6.07, 6.45) is 1.34. The molecule has 0 aromatic heterocycles. The molecule has 0 spiro atoms. The van der Waals surface area contributed by atoms with Crippen LogP contribution >= 0.6 is 11.6 Å². The van der Waals surface area contributed by atoms with Crippen LogP contribution in [0, 0.1) is 5.92 Å². The van der Waals surface area contributed by atoms with Gasteiger partial charge in [0.25, 0.3) is 5.91 Å². The molecule has 2 atom stereocenters. The number of piperidine rings is 1. The van der Waals surface area contributed by atoms with Gasteiger partial charge in [0, 0.05) is 23.2 Å². The molecule has 0 radical (unpaired) electrons. The molecule has 0 bridgehead atoms. The lowest BCUT2D eigenvalue weighted by Gasteiger charge is -2.36. The van der Waals surface area contributed by atoms with Crippen LogP contribution in [0.3, 0.4) is 0 Å². The fourth-order valence-electron chi connectivity index (χ4n) is 2.35. The monoisotopic (exact) mass is 281 g/mol. The van der Waals surface area contributed by atoms with E-state index < -0.39 is 11.9 Å². The second kappa shape index (κ2) is 5.61. The van der Waals surface area contributed by atoms with Crippen LogP contribution in [0.2, 0.25) is 5.02 Å². The van der Waals surface area contributed by atoms with E-state index in [1.807, 2.05) is 6.92 Å². The number of hydrogen-bond donors (Lipinski definition) is 1. The highest BCUT2D eigenvalue weighted by molar-refractivity contribution is 6.30. The van der Waals surface area contributed by atoms with Crippen molar-refractivity contribution in [2.45, 2.75) is 25.8 Å². The summed E-state index contributed by atoms with van der Waals surface area (Å²) in [6, 6.07) is 6.73. The number of benzene rings is 1. The number of carboxylic acids is 1. The highest BCUT2D eigenvalue weighted by Crippen LogP contribution is 2.24. The van der Waals surface area contributed by atoms with Gasteiger partial charge in [0.15, 0.2) is 0 Å². The van der Waals surface area contributed by atoms with Gasteiger partial charge in [-0.3, -0.25) is 9.59 Å². The van der Waals surface area contributed by atoms with E-state index in [9.17, 15) is 9.59 Å². The molecule has 0 aliphatic carbocycles. The van der Waals surface area contributed by atoms with Gasteiger partial charge in [0.05, 0.1) is 5.92 Å². The average Bonchev–Trinajstić information content (AvgIpc) is 2.39. The third-order valence-corrected chi connectivity index (χ3v) is 3.84. The lowest BCUT2D eigenvalue weighted by molar-refractivity contribution is -0.143. The number of carbonyl (C=O) groups excluding carboxylic acids is 1. The number of likely N-dealkylation sites (tertiary alicyclic amines) is 1. The van der Waals surface area contributed by atoms with Crippen molar-refractivity contribution in [3.63, 3.8) is 0 Å². The Kier molecular flexibility index (Phi) is 4.10. The summed E-state index contributed by atoms with van der Waals surface area (Å²) >= 11 is 5.79. The van der Waals surface area contributed by atoms with Gasteiger partial charge in [-0.1, -0.05) is 11.6 Å². The predicted molar refractivity (Wildman–Crippen MR) is 72.3 cm³/mol. The zero-order valence-electron chi connectivity index (χ0n) is 10.7. The second-order valence-electron chi connectivity index (χ2n) is 4.93. The van der Waals surface area contributed by atoms with Crippen LogP contribution in [-0.2, 0) is 4.79 Å². The molecule has 1 aliphatic rings. The van der Waals surface area contributed by atoms with E-state index in [2.05, 4.69) is 0 Å². The number of rotatable bonds is 2. The summed E-state index contributed by atoms with van der Waals surface area (Å²) in [5.41, 5.74) is 0.544. The summed E-state index contributed by atoms with van der Waals surface area (Å²) in [5.74, 6) is -1.43. The van der Waals surface area contributed by atoms with Crippen LogP contribution in [0.4, 0.5) is 0 Å². The van der Waals surface area contributed by atoms with Crippen molar-refractivity contribution in [1.82, 2.24) is 4.90 Å². The summed E-state index contributed by atoms with van der Waals surface area (Å²) in [5, 5.41) is 9.65.